The van der Waals surface area contributed by atoms with Crippen LogP contribution in [0.3, 0.4) is 0 Å². The van der Waals surface area contributed by atoms with E-state index in [0.717, 1.165) is 30.8 Å². The van der Waals surface area contributed by atoms with Crippen molar-refractivity contribution >= 4 is 11.9 Å². The first-order valence-electron chi connectivity index (χ1n) is 7.51. The van der Waals surface area contributed by atoms with Gasteiger partial charge in [-0.3, -0.25) is 14.3 Å². The Labute approximate surface area is 124 Å². The standard InChI is InChI=1S/C15H23N3O3/c1-4-18-10(3)13(9(2)17-18)14(19)16-12-7-5-11(6-8-12)15(20)21/h11-12H,4-8H2,1-3H3,(H,16,19)(H,20,21). The maximum absolute atomic E-state index is 12.4. The van der Waals surface area contributed by atoms with Crippen molar-refractivity contribution in [2.45, 2.75) is 59.0 Å². The highest BCUT2D eigenvalue weighted by Gasteiger charge is 2.28. The minimum Gasteiger partial charge on any atom is -0.481 e. The van der Waals surface area contributed by atoms with Crippen molar-refractivity contribution in [2.24, 2.45) is 5.92 Å². The summed E-state index contributed by atoms with van der Waals surface area (Å²) in [5.74, 6) is -1.08. The van der Waals surface area contributed by atoms with Gasteiger partial charge in [-0.15, -0.1) is 0 Å². The smallest absolute Gasteiger partial charge is 0.306 e. The maximum atomic E-state index is 12.4. The van der Waals surface area contributed by atoms with Gasteiger partial charge < -0.3 is 10.4 Å². The first-order chi connectivity index (χ1) is 9.93. The second-order valence-corrected chi connectivity index (χ2v) is 5.72. The van der Waals surface area contributed by atoms with E-state index in [-0.39, 0.29) is 17.9 Å². The van der Waals surface area contributed by atoms with Crippen LogP contribution in [0.25, 0.3) is 0 Å². The van der Waals surface area contributed by atoms with E-state index >= 15 is 0 Å². The first-order valence-corrected chi connectivity index (χ1v) is 7.51. The molecule has 1 fully saturated rings. The normalized spacial score (nSPS) is 22.0. The van der Waals surface area contributed by atoms with E-state index in [9.17, 15) is 9.59 Å². The number of aromatic nitrogens is 2. The SMILES string of the molecule is CCn1nc(C)c(C(=O)NC2CCC(C(=O)O)CC2)c1C. The van der Waals surface area contributed by atoms with E-state index < -0.39 is 5.97 Å². The molecule has 1 aliphatic carbocycles. The van der Waals surface area contributed by atoms with Crippen LogP contribution >= 0.6 is 0 Å². The summed E-state index contributed by atoms with van der Waals surface area (Å²) < 4.78 is 1.82. The molecule has 0 aromatic carbocycles. The van der Waals surface area contributed by atoms with Crippen molar-refractivity contribution in [3.05, 3.63) is 17.0 Å². The fourth-order valence-electron chi connectivity index (χ4n) is 3.08. The van der Waals surface area contributed by atoms with Gasteiger partial charge >= 0.3 is 5.97 Å². The monoisotopic (exact) mass is 293 g/mol. The van der Waals surface area contributed by atoms with Gasteiger partial charge in [-0.05, 0) is 46.5 Å². The van der Waals surface area contributed by atoms with Crippen LogP contribution in [0, 0.1) is 19.8 Å². The minimum atomic E-state index is -0.726. The number of carboxylic acid groups (broad SMARTS) is 1. The van der Waals surface area contributed by atoms with Crippen LogP contribution in [-0.4, -0.2) is 32.8 Å². The van der Waals surface area contributed by atoms with Crippen molar-refractivity contribution in [2.75, 3.05) is 0 Å². The summed E-state index contributed by atoms with van der Waals surface area (Å²) in [4.78, 5) is 23.3. The molecule has 2 N–H and O–H groups in total. The van der Waals surface area contributed by atoms with Crippen molar-refractivity contribution in [1.29, 1.82) is 0 Å². The molecule has 6 nitrogen and oxygen atoms in total. The van der Waals surface area contributed by atoms with Gasteiger partial charge in [0.2, 0.25) is 0 Å². The Bertz CT molecular complexity index is 543. The molecule has 1 saturated carbocycles. The summed E-state index contributed by atoms with van der Waals surface area (Å²) in [5.41, 5.74) is 2.27. The predicted molar refractivity (Wildman–Crippen MR) is 78.2 cm³/mol. The van der Waals surface area contributed by atoms with Crippen LogP contribution in [0.1, 0.15) is 54.4 Å². The molecule has 1 amide bonds. The summed E-state index contributed by atoms with van der Waals surface area (Å²) in [7, 11) is 0. The second kappa shape index (κ2) is 6.28. The summed E-state index contributed by atoms with van der Waals surface area (Å²) in [6.45, 7) is 6.48. The van der Waals surface area contributed by atoms with E-state index in [4.69, 9.17) is 5.11 Å². The molecule has 0 bridgehead atoms. The molecule has 1 aliphatic rings. The molecule has 0 saturated heterocycles. The van der Waals surface area contributed by atoms with Gasteiger partial charge in [0.25, 0.3) is 5.91 Å². The number of hydrogen-bond acceptors (Lipinski definition) is 3. The van der Waals surface area contributed by atoms with E-state index in [1.807, 2.05) is 25.5 Å². The number of carbonyl (C=O) groups is 2. The zero-order chi connectivity index (χ0) is 15.6. The molecule has 0 aliphatic heterocycles. The van der Waals surface area contributed by atoms with Crippen LogP contribution in [0.5, 0.6) is 0 Å². The number of carboxylic acids is 1. The average Bonchev–Trinajstić information content (AvgIpc) is 2.73. The molecule has 2 rings (SSSR count). The Hall–Kier alpha value is -1.85. The molecule has 116 valence electrons. The second-order valence-electron chi connectivity index (χ2n) is 5.72. The van der Waals surface area contributed by atoms with Gasteiger partial charge in [-0.1, -0.05) is 0 Å². The molecule has 21 heavy (non-hydrogen) atoms. The number of aliphatic carboxylic acids is 1. The minimum absolute atomic E-state index is 0.0666. The number of aryl methyl sites for hydroxylation is 2. The molecular formula is C15H23N3O3. The van der Waals surface area contributed by atoms with Crippen LogP contribution in [0.2, 0.25) is 0 Å². The highest BCUT2D eigenvalue weighted by molar-refractivity contribution is 5.96. The van der Waals surface area contributed by atoms with Crippen molar-refractivity contribution in [3.63, 3.8) is 0 Å². The van der Waals surface area contributed by atoms with Crippen LogP contribution in [0.4, 0.5) is 0 Å². The van der Waals surface area contributed by atoms with Crippen LogP contribution in [-0.2, 0) is 11.3 Å². The van der Waals surface area contributed by atoms with Crippen LogP contribution in [0.15, 0.2) is 0 Å². The fourth-order valence-corrected chi connectivity index (χ4v) is 3.08. The van der Waals surface area contributed by atoms with E-state index in [2.05, 4.69) is 10.4 Å². The zero-order valence-electron chi connectivity index (χ0n) is 12.8. The number of nitrogens with zero attached hydrogens (tertiary/aromatic N) is 2. The number of amides is 1. The number of nitrogens with one attached hydrogen (secondary N) is 1. The van der Waals surface area contributed by atoms with Crippen molar-refractivity contribution in [3.8, 4) is 0 Å². The molecule has 0 spiro atoms. The highest BCUT2D eigenvalue weighted by Crippen LogP contribution is 2.25. The van der Waals surface area contributed by atoms with Crippen molar-refractivity contribution in [1.82, 2.24) is 15.1 Å². The lowest BCUT2D eigenvalue weighted by atomic mass is 9.86. The summed E-state index contributed by atoms with van der Waals surface area (Å²) in [5, 5.41) is 16.4. The first kappa shape index (κ1) is 15.5. The molecule has 1 aromatic heterocycles. The van der Waals surface area contributed by atoms with Crippen molar-refractivity contribution < 1.29 is 14.7 Å². The summed E-state index contributed by atoms with van der Waals surface area (Å²) in [6, 6.07) is 0.0666. The molecule has 0 radical (unpaired) electrons. The van der Waals surface area contributed by atoms with E-state index in [0.29, 0.717) is 18.4 Å². The zero-order valence-corrected chi connectivity index (χ0v) is 12.8. The molecule has 6 heteroatoms. The van der Waals surface area contributed by atoms with E-state index in [1.165, 1.54) is 0 Å². The molecule has 0 atom stereocenters. The third kappa shape index (κ3) is 3.25. The van der Waals surface area contributed by atoms with Gasteiger partial charge in [-0.2, -0.15) is 5.10 Å². The maximum Gasteiger partial charge on any atom is 0.306 e. The largest absolute Gasteiger partial charge is 0.481 e. The highest BCUT2D eigenvalue weighted by atomic mass is 16.4. The Morgan fingerprint density at radius 3 is 2.38 bits per heavy atom. The summed E-state index contributed by atoms with van der Waals surface area (Å²) >= 11 is 0. The lowest BCUT2D eigenvalue weighted by Crippen LogP contribution is -2.39. The summed E-state index contributed by atoms with van der Waals surface area (Å²) in [6.07, 6.45) is 2.71. The van der Waals surface area contributed by atoms with Gasteiger partial charge in [0, 0.05) is 18.3 Å². The van der Waals surface area contributed by atoms with Gasteiger partial charge in [-0.25, -0.2) is 0 Å². The van der Waals surface area contributed by atoms with Crippen LogP contribution < -0.4 is 5.32 Å². The lowest BCUT2D eigenvalue weighted by molar-refractivity contribution is -0.142. The molecular weight excluding hydrogens is 270 g/mol. The Morgan fingerprint density at radius 2 is 1.90 bits per heavy atom. The average molecular weight is 293 g/mol. The quantitative estimate of drug-likeness (QED) is 0.888. The number of carbonyl (C=O) groups excluding carboxylic acids is 1. The fraction of sp³-hybridized carbons (Fsp3) is 0.667. The van der Waals surface area contributed by atoms with Gasteiger partial charge in [0.15, 0.2) is 0 Å². The number of rotatable bonds is 4. The van der Waals surface area contributed by atoms with E-state index in [1.54, 1.807) is 0 Å². The Kier molecular flexibility index (Phi) is 4.65. The topological polar surface area (TPSA) is 84.2 Å². The Morgan fingerprint density at radius 1 is 1.29 bits per heavy atom. The molecule has 1 aromatic rings. The predicted octanol–water partition coefficient (Wildman–Crippen LogP) is 1.89. The third-order valence-corrected chi connectivity index (χ3v) is 4.32. The Balaban J connectivity index is 2.00. The molecule has 0 unspecified atom stereocenters. The number of hydrogen-bond donors (Lipinski definition) is 2. The molecule has 1 heterocycles. The van der Waals surface area contributed by atoms with Gasteiger partial charge in [0.1, 0.15) is 0 Å². The van der Waals surface area contributed by atoms with Gasteiger partial charge in [0.05, 0.1) is 17.2 Å². The third-order valence-electron chi connectivity index (χ3n) is 4.32. The lowest BCUT2D eigenvalue weighted by Gasteiger charge is -2.26.